The van der Waals surface area contributed by atoms with Crippen molar-refractivity contribution in [2.45, 2.75) is 46.4 Å². The number of aromatic amines is 1. The summed E-state index contributed by atoms with van der Waals surface area (Å²) in [5, 5.41) is 0.390. The predicted octanol–water partition coefficient (Wildman–Crippen LogP) is 2.93. The number of carbonyl (C=O) groups excluding carboxylic acids is 1. The molecular formula is C24H27N3O4. The van der Waals surface area contributed by atoms with Crippen molar-refractivity contribution in [3.63, 3.8) is 0 Å². The summed E-state index contributed by atoms with van der Waals surface area (Å²) in [5.41, 5.74) is 3.36. The number of carbonyl (C=O) groups is 1. The van der Waals surface area contributed by atoms with Crippen molar-refractivity contribution >= 4 is 16.8 Å². The highest BCUT2D eigenvalue weighted by atomic mass is 16.5. The molecule has 0 unspecified atom stereocenters. The van der Waals surface area contributed by atoms with E-state index >= 15 is 0 Å². The van der Waals surface area contributed by atoms with Crippen LogP contribution >= 0.6 is 0 Å². The molecule has 2 aromatic carbocycles. The second-order valence-corrected chi connectivity index (χ2v) is 8.23. The quantitative estimate of drug-likeness (QED) is 0.705. The molecule has 1 aliphatic heterocycles. The minimum atomic E-state index is -0.473. The number of hydrogen-bond donors (Lipinski definition) is 1. The number of aryl methyl sites for hydroxylation is 2. The van der Waals surface area contributed by atoms with Gasteiger partial charge in [-0.3, -0.25) is 14.2 Å². The molecule has 3 aromatic rings. The summed E-state index contributed by atoms with van der Waals surface area (Å²) in [4.78, 5) is 42.6. The number of fused-ring (bicyclic) bond motifs is 1. The Morgan fingerprint density at radius 1 is 1.16 bits per heavy atom. The van der Waals surface area contributed by atoms with Gasteiger partial charge in [0.05, 0.1) is 30.1 Å². The fourth-order valence-corrected chi connectivity index (χ4v) is 4.18. The van der Waals surface area contributed by atoms with Gasteiger partial charge in [-0.25, -0.2) is 4.79 Å². The van der Waals surface area contributed by atoms with Gasteiger partial charge in [-0.1, -0.05) is 23.8 Å². The lowest BCUT2D eigenvalue weighted by molar-refractivity contribution is -0.0489. The van der Waals surface area contributed by atoms with Gasteiger partial charge >= 0.3 is 5.69 Å². The molecule has 4 rings (SSSR count). The van der Waals surface area contributed by atoms with E-state index in [9.17, 15) is 14.4 Å². The fraction of sp³-hybridized carbons (Fsp3) is 0.375. The lowest BCUT2D eigenvalue weighted by Crippen LogP contribution is -2.48. The molecule has 0 aliphatic carbocycles. The van der Waals surface area contributed by atoms with Gasteiger partial charge in [-0.2, -0.15) is 0 Å². The first-order chi connectivity index (χ1) is 14.8. The number of hydrogen-bond acceptors (Lipinski definition) is 4. The van der Waals surface area contributed by atoms with E-state index in [0.29, 0.717) is 29.6 Å². The number of nitrogens with one attached hydrogen (secondary N) is 1. The van der Waals surface area contributed by atoms with Crippen LogP contribution in [0.15, 0.2) is 46.0 Å². The monoisotopic (exact) mass is 421 g/mol. The highest BCUT2D eigenvalue weighted by Gasteiger charge is 2.32. The topological polar surface area (TPSA) is 84.4 Å². The van der Waals surface area contributed by atoms with Crippen molar-refractivity contribution in [2.24, 2.45) is 0 Å². The van der Waals surface area contributed by atoms with E-state index in [1.807, 2.05) is 25.7 Å². The second-order valence-electron chi connectivity index (χ2n) is 8.23. The van der Waals surface area contributed by atoms with E-state index in [0.717, 1.165) is 21.3 Å². The average Bonchev–Trinajstić information content (AvgIpc) is 2.75. The SMILES string of the molecule is CCn1c(=O)[nH]c2cc(C(=O)N3C[C@H](c4cc(C)ccc4C)OC[C@@H]3C)ccc2c1=O. The number of morpholine rings is 1. The minimum absolute atomic E-state index is 0.0864. The van der Waals surface area contributed by atoms with Crippen LogP contribution in [0.5, 0.6) is 0 Å². The van der Waals surface area contributed by atoms with Crippen molar-refractivity contribution in [2.75, 3.05) is 13.2 Å². The Morgan fingerprint density at radius 3 is 2.68 bits per heavy atom. The van der Waals surface area contributed by atoms with Crippen LogP contribution < -0.4 is 11.2 Å². The molecular weight excluding hydrogens is 394 g/mol. The Labute approximate surface area is 180 Å². The van der Waals surface area contributed by atoms with Crippen LogP contribution in [0.3, 0.4) is 0 Å². The Kier molecular flexibility index (Phi) is 5.54. The summed E-state index contributed by atoms with van der Waals surface area (Å²) in [7, 11) is 0. The lowest BCUT2D eigenvalue weighted by atomic mass is 9.98. The molecule has 0 saturated carbocycles. The Hall–Kier alpha value is -3.19. The maximum atomic E-state index is 13.4. The summed E-state index contributed by atoms with van der Waals surface area (Å²) >= 11 is 0. The van der Waals surface area contributed by atoms with E-state index in [2.05, 4.69) is 23.2 Å². The van der Waals surface area contributed by atoms with E-state index in [1.165, 1.54) is 0 Å². The second kappa shape index (κ2) is 8.15. The van der Waals surface area contributed by atoms with Crippen LogP contribution in [0.25, 0.3) is 10.9 Å². The third-order valence-corrected chi connectivity index (χ3v) is 6.02. The van der Waals surface area contributed by atoms with Crippen LogP contribution in [-0.4, -0.2) is 39.6 Å². The van der Waals surface area contributed by atoms with Gasteiger partial charge < -0.3 is 14.6 Å². The maximum absolute atomic E-state index is 13.4. The lowest BCUT2D eigenvalue weighted by Gasteiger charge is -2.38. The number of rotatable bonds is 3. The highest BCUT2D eigenvalue weighted by molar-refractivity contribution is 5.97. The number of ether oxygens (including phenoxy) is 1. The van der Waals surface area contributed by atoms with Crippen LogP contribution in [0.1, 0.15) is 47.0 Å². The van der Waals surface area contributed by atoms with Gasteiger partial charge in [0.15, 0.2) is 0 Å². The van der Waals surface area contributed by atoms with Crippen molar-refractivity contribution in [3.8, 4) is 0 Å². The first-order valence-electron chi connectivity index (χ1n) is 10.6. The van der Waals surface area contributed by atoms with Crippen molar-refractivity contribution in [1.29, 1.82) is 0 Å². The first-order valence-corrected chi connectivity index (χ1v) is 10.6. The largest absolute Gasteiger partial charge is 0.370 e. The van der Waals surface area contributed by atoms with E-state index < -0.39 is 5.69 Å². The molecule has 162 valence electrons. The van der Waals surface area contributed by atoms with Crippen molar-refractivity contribution < 1.29 is 9.53 Å². The molecule has 1 amide bonds. The molecule has 1 aromatic heterocycles. The average molecular weight is 421 g/mol. The molecule has 1 saturated heterocycles. The van der Waals surface area contributed by atoms with Gasteiger partial charge in [0.2, 0.25) is 0 Å². The zero-order valence-electron chi connectivity index (χ0n) is 18.3. The third kappa shape index (κ3) is 3.81. The molecule has 2 atom stereocenters. The standard InChI is InChI=1S/C24H27N3O4/c1-5-26-23(29)18-9-8-17(11-20(18)25-24(26)30)22(28)27-12-21(31-13-16(27)4)19-10-14(2)6-7-15(19)3/h6-11,16,21H,5,12-13H2,1-4H3,(H,25,30)/t16-,21+/m0/s1. The van der Waals surface area contributed by atoms with Crippen molar-refractivity contribution in [3.05, 3.63) is 79.5 Å². The summed E-state index contributed by atoms with van der Waals surface area (Å²) < 4.78 is 7.21. The summed E-state index contributed by atoms with van der Waals surface area (Å²) in [6.07, 6.45) is -0.197. The molecule has 2 heterocycles. The fourth-order valence-electron chi connectivity index (χ4n) is 4.18. The van der Waals surface area contributed by atoms with Crippen LogP contribution in [0.4, 0.5) is 0 Å². The highest BCUT2D eigenvalue weighted by Crippen LogP contribution is 2.29. The summed E-state index contributed by atoms with van der Waals surface area (Å²) in [6, 6.07) is 11.0. The molecule has 1 fully saturated rings. The van der Waals surface area contributed by atoms with Gasteiger partial charge in [-0.05, 0) is 57.0 Å². The third-order valence-electron chi connectivity index (χ3n) is 6.02. The van der Waals surface area contributed by atoms with Gasteiger partial charge in [0.1, 0.15) is 6.10 Å². The predicted molar refractivity (Wildman–Crippen MR) is 120 cm³/mol. The van der Waals surface area contributed by atoms with Crippen LogP contribution in [-0.2, 0) is 11.3 Å². The minimum Gasteiger partial charge on any atom is -0.370 e. The zero-order chi connectivity index (χ0) is 22.3. The number of H-pyrrole nitrogens is 1. The van der Waals surface area contributed by atoms with E-state index in [4.69, 9.17) is 4.74 Å². The summed E-state index contributed by atoms with van der Waals surface area (Å²) in [5.74, 6) is -0.145. The molecule has 7 heteroatoms. The summed E-state index contributed by atoms with van der Waals surface area (Å²) in [6.45, 7) is 8.96. The Balaban J connectivity index is 1.67. The Morgan fingerprint density at radius 2 is 1.94 bits per heavy atom. The Bertz CT molecular complexity index is 1270. The number of nitrogens with zero attached hydrogens (tertiary/aromatic N) is 2. The molecule has 1 N–H and O–H groups in total. The van der Waals surface area contributed by atoms with E-state index in [1.54, 1.807) is 25.1 Å². The molecule has 0 spiro atoms. The number of benzene rings is 2. The van der Waals surface area contributed by atoms with Crippen LogP contribution in [0.2, 0.25) is 0 Å². The first kappa shape index (κ1) is 21.1. The number of amides is 1. The van der Waals surface area contributed by atoms with Gasteiger partial charge in [0.25, 0.3) is 11.5 Å². The smallest absolute Gasteiger partial charge is 0.328 e. The number of aromatic nitrogens is 2. The maximum Gasteiger partial charge on any atom is 0.328 e. The molecule has 0 radical (unpaired) electrons. The van der Waals surface area contributed by atoms with Crippen molar-refractivity contribution in [1.82, 2.24) is 14.5 Å². The van der Waals surface area contributed by atoms with E-state index in [-0.39, 0.29) is 30.2 Å². The van der Waals surface area contributed by atoms with Crippen LogP contribution in [0, 0.1) is 13.8 Å². The van der Waals surface area contributed by atoms with Gasteiger partial charge in [0, 0.05) is 12.1 Å². The normalized spacial score (nSPS) is 19.0. The molecule has 1 aliphatic rings. The molecule has 7 nitrogen and oxygen atoms in total. The zero-order valence-corrected chi connectivity index (χ0v) is 18.3. The van der Waals surface area contributed by atoms with Gasteiger partial charge in [-0.15, -0.1) is 0 Å². The molecule has 31 heavy (non-hydrogen) atoms. The molecule has 0 bridgehead atoms.